The molecule has 0 bridgehead atoms. The second-order valence-corrected chi connectivity index (χ2v) is 11.0. The lowest BCUT2D eigenvalue weighted by Gasteiger charge is -2.63. The summed E-state index contributed by atoms with van der Waals surface area (Å²) in [6.07, 6.45) is 6.07. The quantitative estimate of drug-likeness (QED) is 0.506. The Balaban J connectivity index is 1.76. The molecule has 0 spiro atoms. The third-order valence-corrected chi connectivity index (χ3v) is 9.98. The highest BCUT2D eigenvalue weighted by molar-refractivity contribution is 6.26. The Hall–Kier alpha value is -1.50. The molecule has 0 radical (unpaired) electrons. The standard InChI is InChI=1S/C24H31ClO6/c1-13-9-18-17-6-5-15-10-16(27)7-8-21(15,3)23(17,25)19(28)11-22(18,4)24(13,30)20(29)12-31-14(2)26/h7-8,10,13,17-19,28,30H,5-6,9,11-12H2,1-4H3/t13-,17?,18?,19-,21-,22-,23-,24-/m0/s1. The zero-order valence-corrected chi connectivity index (χ0v) is 19.2. The minimum Gasteiger partial charge on any atom is -0.458 e. The van der Waals surface area contributed by atoms with Crippen molar-refractivity contribution in [3.8, 4) is 0 Å². The highest BCUT2D eigenvalue weighted by Crippen LogP contribution is 2.71. The van der Waals surface area contributed by atoms with Crippen molar-refractivity contribution in [1.82, 2.24) is 0 Å². The Morgan fingerprint density at radius 1 is 1.29 bits per heavy atom. The highest BCUT2D eigenvalue weighted by Gasteiger charge is 2.74. The van der Waals surface area contributed by atoms with Crippen LogP contribution in [0.15, 0.2) is 23.8 Å². The van der Waals surface area contributed by atoms with Gasteiger partial charge >= 0.3 is 5.97 Å². The van der Waals surface area contributed by atoms with Crippen molar-refractivity contribution in [2.75, 3.05) is 6.61 Å². The number of carbonyl (C=O) groups excluding carboxylic acids is 3. The number of fused-ring (bicyclic) bond motifs is 5. The molecule has 0 heterocycles. The molecule has 0 aromatic rings. The second kappa shape index (κ2) is 7.00. The van der Waals surface area contributed by atoms with Crippen molar-refractivity contribution >= 4 is 29.1 Å². The van der Waals surface area contributed by atoms with Crippen LogP contribution in [0.1, 0.15) is 53.4 Å². The molecule has 3 saturated carbocycles. The molecule has 0 aromatic heterocycles. The van der Waals surface area contributed by atoms with E-state index in [2.05, 4.69) is 0 Å². The van der Waals surface area contributed by atoms with Gasteiger partial charge in [0.2, 0.25) is 5.78 Å². The molecule has 4 aliphatic rings. The first-order valence-electron chi connectivity index (χ1n) is 11.0. The van der Waals surface area contributed by atoms with Crippen LogP contribution in [-0.2, 0) is 19.1 Å². The number of allylic oxidation sites excluding steroid dienone is 4. The Kier molecular flexibility index (Phi) is 5.12. The molecule has 3 fully saturated rings. The lowest BCUT2D eigenvalue weighted by atomic mass is 9.45. The summed E-state index contributed by atoms with van der Waals surface area (Å²) < 4.78 is 4.92. The summed E-state index contributed by atoms with van der Waals surface area (Å²) >= 11 is 7.35. The molecule has 0 amide bonds. The van der Waals surface area contributed by atoms with Gasteiger partial charge in [-0.1, -0.05) is 32.4 Å². The number of aliphatic hydroxyl groups excluding tert-OH is 1. The van der Waals surface area contributed by atoms with Crippen molar-refractivity contribution < 1.29 is 29.3 Å². The number of alkyl halides is 1. The van der Waals surface area contributed by atoms with E-state index in [-0.39, 0.29) is 30.0 Å². The normalized spacial score (nSPS) is 48.4. The summed E-state index contributed by atoms with van der Waals surface area (Å²) in [4.78, 5) is 35.3. The van der Waals surface area contributed by atoms with Crippen molar-refractivity contribution in [3.05, 3.63) is 23.8 Å². The molecule has 6 nitrogen and oxygen atoms in total. The predicted molar refractivity (Wildman–Crippen MR) is 114 cm³/mol. The lowest BCUT2D eigenvalue weighted by Crippen LogP contribution is -2.69. The number of aliphatic hydroxyl groups is 2. The SMILES string of the molecule is CC(=O)OCC(=O)[C@@]1(O)[C@@H](C)CC2C3CCC4=CC(=O)C=C[C@]4(C)[C@@]3(Cl)[C@@H](O)C[C@@]21C. The number of hydrogen-bond acceptors (Lipinski definition) is 6. The van der Waals surface area contributed by atoms with Gasteiger partial charge in [-0.2, -0.15) is 0 Å². The number of esters is 1. The van der Waals surface area contributed by atoms with Crippen LogP contribution in [0.5, 0.6) is 0 Å². The summed E-state index contributed by atoms with van der Waals surface area (Å²) in [6.45, 7) is 6.42. The molecule has 31 heavy (non-hydrogen) atoms. The van der Waals surface area contributed by atoms with Crippen LogP contribution in [0, 0.1) is 28.6 Å². The van der Waals surface area contributed by atoms with Crippen LogP contribution >= 0.6 is 11.6 Å². The summed E-state index contributed by atoms with van der Waals surface area (Å²) in [5.41, 5.74) is -2.38. The molecule has 0 saturated heterocycles. The van der Waals surface area contributed by atoms with E-state index in [4.69, 9.17) is 16.3 Å². The number of halogens is 1. The van der Waals surface area contributed by atoms with Crippen molar-refractivity contribution in [3.63, 3.8) is 0 Å². The Morgan fingerprint density at radius 2 is 1.97 bits per heavy atom. The summed E-state index contributed by atoms with van der Waals surface area (Å²) in [5, 5.41) is 23.2. The van der Waals surface area contributed by atoms with Gasteiger partial charge in [0.15, 0.2) is 12.4 Å². The van der Waals surface area contributed by atoms with Gasteiger partial charge in [0.1, 0.15) is 5.60 Å². The van der Waals surface area contributed by atoms with E-state index in [9.17, 15) is 24.6 Å². The minimum absolute atomic E-state index is 0.0683. The molecule has 4 aliphatic carbocycles. The number of carbonyl (C=O) groups is 3. The van der Waals surface area contributed by atoms with E-state index < -0.39 is 45.8 Å². The first-order chi connectivity index (χ1) is 14.3. The molecule has 0 aromatic carbocycles. The fraction of sp³-hybridized carbons (Fsp3) is 0.708. The molecule has 2 N–H and O–H groups in total. The molecular weight excluding hydrogens is 420 g/mol. The van der Waals surface area contributed by atoms with Crippen LogP contribution in [-0.4, -0.2) is 50.9 Å². The Bertz CT molecular complexity index is 910. The number of Topliss-reactive ketones (excluding diaryl/α,β-unsaturated/α-hetero) is 1. The van der Waals surface area contributed by atoms with E-state index in [0.717, 1.165) is 5.57 Å². The fourth-order valence-electron chi connectivity index (χ4n) is 7.42. The molecule has 170 valence electrons. The van der Waals surface area contributed by atoms with E-state index in [1.54, 1.807) is 6.08 Å². The topological polar surface area (TPSA) is 101 Å². The minimum atomic E-state index is -1.72. The van der Waals surface area contributed by atoms with Crippen LogP contribution in [0.2, 0.25) is 0 Å². The molecule has 7 heteroatoms. The average Bonchev–Trinajstić information content (AvgIpc) is 2.89. The van der Waals surface area contributed by atoms with E-state index in [1.807, 2.05) is 26.8 Å². The van der Waals surface area contributed by atoms with Gasteiger partial charge in [0.05, 0.1) is 11.0 Å². The monoisotopic (exact) mass is 450 g/mol. The molecule has 4 rings (SSSR count). The third kappa shape index (κ3) is 2.74. The second-order valence-electron chi connectivity index (χ2n) is 10.4. The summed E-state index contributed by atoms with van der Waals surface area (Å²) in [7, 11) is 0. The van der Waals surface area contributed by atoms with Gasteiger partial charge in [-0.25, -0.2) is 0 Å². The van der Waals surface area contributed by atoms with Crippen molar-refractivity contribution in [2.24, 2.45) is 28.6 Å². The van der Waals surface area contributed by atoms with Crippen LogP contribution < -0.4 is 0 Å². The Morgan fingerprint density at radius 3 is 2.61 bits per heavy atom. The lowest BCUT2D eigenvalue weighted by molar-refractivity contribution is -0.182. The predicted octanol–water partition coefficient (Wildman–Crippen LogP) is 2.74. The van der Waals surface area contributed by atoms with Crippen LogP contribution in [0.3, 0.4) is 0 Å². The summed E-state index contributed by atoms with van der Waals surface area (Å²) in [6, 6.07) is 0. The van der Waals surface area contributed by atoms with Gasteiger partial charge in [0, 0.05) is 17.8 Å². The number of hydrogen-bond donors (Lipinski definition) is 2. The molecular formula is C24H31ClO6. The van der Waals surface area contributed by atoms with Crippen LogP contribution in [0.4, 0.5) is 0 Å². The highest BCUT2D eigenvalue weighted by atomic mass is 35.5. The molecule has 8 atom stereocenters. The first kappa shape index (κ1) is 22.7. The van der Waals surface area contributed by atoms with Crippen LogP contribution in [0.25, 0.3) is 0 Å². The zero-order valence-electron chi connectivity index (χ0n) is 18.5. The van der Waals surface area contributed by atoms with E-state index in [0.29, 0.717) is 19.3 Å². The maximum atomic E-state index is 13.1. The van der Waals surface area contributed by atoms with Crippen molar-refractivity contribution in [1.29, 1.82) is 0 Å². The van der Waals surface area contributed by atoms with E-state index >= 15 is 0 Å². The largest absolute Gasteiger partial charge is 0.458 e. The van der Waals surface area contributed by atoms with Gasteiger partial charge in [0.25, 0.3) is 0 Å². The molecule has 2 unspecified atom stereocenters. The number of ketones is 2. The Labute approximate surface area is 187 Å². The van der Waals surface area contributed by atoms with Crippen molar-refractivity contribution in [2.45, 2.75) is 70.0 Å². The smallest absolute Gasteiger partial charge is 0.303 e. The van der Waals surface area contributed by atoms with Gasteiger partial charge < -0.3 is 14.9 Å². The van der Waals surface area contributed by atoms with Gasteiger partial charge in [-0.15, -0.1) is 11.6 Å². The van der Waals surface area contributed by atoms with E-state index in [1.165, 1.54) is 13.0 Å². The maximum absolute atomic E-state index is 13.1. The van der Waals surface area contributed by atoms with Gasteiger partial charge in [-0.05, 0) is 55.6 Å². The number of ether oxygens (including phenoxy) is 1. The zero-order chi connectivity index (χ0) is 23.0. The summed E-state index contributed by atoms with van der Waals surface area (Å²) in [5.74, 6) is -1.79. The maximum Gasteiger partial charge on any atom is 0.303 e. The average molecular weight is 451 g/mol. The number of rotatable bonds is 3. The third-order valence-electron chi connectivity index (χ3n) is 9.05. The fourth-order valence-corrected chi connectivity index (χ4v) is 7.94. The first-order valence-corrected chi connectivity index (χ1v) is 11.4. The van der Waals surface area contributed by atoms with Gasteiger partial charge in [-0.3, -0.25) is 14.4 Å². The molecule has 0 aliphatic heterocycles.